The summed E-state index contributed by atoms with van der Waals surface area (Å²) in [5.74, 6) is 0.384. The molecule has 5 aromatic carbocycles. The van der Waals surface area contributed by atoms with E-state index >= 15 is 4.79 Å². The summed E-state index contributed by atoms with van der Waals surface area (Å²) in [5.41, 5.74) is 11.7. The van der Waals surface area contributed by atoms with E-state index in [0.29, 0.717) is 83.1 Å². The zero-order valence-electron chi connectivity index (χ0n) is 38.2. The van der Waals surface area contributed by atoms with E-state index in [1.54, 1.807) is 0 Å². The monoisotopic (exact) mass is 880 g/mol. The molecule has 0 saturated carbocycles. The number of ether oxygens (including phenoxy) is 2. The van der Waals surface area contributed by atoms with E-state index in [1.165, 1.54) is 5.56 Å². The smallest absolute Gasteiger partial charge is 0.258 e. The molecule has 66 heavy (non-hydrogen) atoms. The number of carbonyl (C=O) groups excluding carboxylic acids is 3. The third kappa shape index (κ3) is 9.12. The highest BCUT2D eigenvalue weighted by atomic mass is 16.5. The van der Waals surface area contributed by atoms with Crippen LogP contribution >= 0.6 is 0 Å². The van der Waals surface area contributed by atoms with Gasteiger partial charge in [-0.15, -0.1) is 0 Å². The SMILES string of the molecule is Cc1ccc(-c2c(C(=O)Nc3ccccc3)c(C)n(C)c2-c2cc3c(cc2C(=O)N2Cc4ccccc4C[C@H]2C)CN(C(=O)Cc2ccc(OCCN4CCOCC4)cc2)CC3)cc1C#N. The lowest BCUT2D eigenvalue weighted by Crippen LogP contribution is -2.43. The normalized spacial score (nSPS) is 16.0. The molecule has 6 aromatic rings. The van der Waals surface area contributed by atoms with E-state index in [9.17, 15) is 14.9 Å². The Bertz CT molecular complexity index is 2840. The number of amides is 3. The molecule has 4 heterocycles. The highest BCUT2D eigenvalue weighted by molar-refractivity contribution is 6.13. The van der Waals surface area contributed by atoms with Gasteiger partial charge in [0.2, 0.25) is 5.91 Å². The molecule has 3 aliphatic heterocycles. The molecular formula is C55H56N6O5. The number of hydrogen-bond donors (Lipinski definition) is 1. The Kier molecular flexibility index (Phi) is 12.9. The molecule has 1 aromatic heterocycles. The molecule has 3 aliphatic rings. The Labute approximate surface area is 387 Å². The third-order valence-electron chi connectivity index (χ3n) is 13.6. The van der Waals surface area contributed by atoms with Crippen molar-refractivity contribution >= 4 is 23.4 Å². The van der Waals surface area contributed by atoms with Gasteiger partial charge in [-0.25, -0.2) is 0 Å². The van der Waals surface area contributed by atoms with E-state index in [1.807, 2.05) is 126 Å². The van der Waals surface area contributed by atoms with E-state index in [-0.39, 0.29) is 30.2 Å². The van der Waals surface area contributed by atoms with E-state index in [0.717, 1.165) is 72.8 Å². The maximum atomic E-state index is 15.4. The topological polar surface area (TPSA) is 120 Å². The third-order valence-corrected chi connectivity index (χ3v) is 13.6. The number of nitrogens with zero attached hydrogens (tertiary/aromatic N) is 5. The first-order valence-corrected chi connectivity index (χ1v) is 23.0. The number of rotatable bonds is 11. The summed E-state index contributed by atoms with van der Waals surface area (Å²) >= 11 is 0. The lowest BCUT2D eigenvalue weighted by Gasteiger charge is -2.36. The zero-order valence-corrected chi connectivity index (χ0v) is 38.2. The molecule has 0 aliphatic carbocycles. The fourth-order valence-corrected chi connectivity index (χ4v) is 9.70. The van der Waals surface area contributed by atoms with Crippen LogP contribution in [0.25, 0.3) is 22.4 Å². The number of benzene rings is 5. The second-order valence-electron chi connectivity index (χ2n) is 17.8. The molecule has 1 saturated heterocycles. The van der Waals surface area contributed by atoms with Gasteiger partial charge in [0.05, 0.1) is 42.5 Å². The number of nitriles is 1. The number of fused-ring (bicyclic) bond motifs is 2. The molecule has 1 fully saturated rings. The standard InChI is InChI=1S/C55H56N6O5/c1-36-14-17-42(30-44(36)33-56)52-51(54(63)57-46-12-6-5-7-13-46)38(3)58(4)53(52)48-31-41-20-21-60(50(62)29-39-15-18-47(19-16-39)66-27-24-59-22-25-65-26-23-59)34-45(41)32-49(48)55(64)61-35-43-11-9-8-10-40(43)28-37(61)2/h5-19,30-32,37H,20-29,34-35H2,1-4H3,(H,57,63)/t37-/m1/s1. The van der Waals surface area contributed by atoms with Gasteiger partial charge in [-0.2, -0.15) is 5.26 Å². The van der Waals surface area contributed by atoms with Crippen LogP contribution in [0.15, 0.2) is 109 Å². The molecule has 11 heteroatoms. The van der Waals surface area contributed by atoms with Crippen LogP contribution in [0, 0.1) is 25.2 Å². The van der Waals surface area contributed by atoms with Gasteiger partial charge >= 0.3 is 0 Å². The van der Waals surface area contributed by atoms with E-state index < -0.39 is 0 Å². The first-order valence-electron chi connectivity index (χ1n) is 23.0. The summed E-state index contributed by atoms with van der Waals surface area (Å²) in [6.07, 6.45) is 1.57. The number of nitrogens with one attached hydrogen (secondary N) is 1. The van der Waals surface area contributed by atoms with Crippen molar-refractivity contribution in [3.63, 3.8) is 0 Å². The van der Waals surface area contributed by atoms with Crippen LogP contribution in [-0.4, -0.2) is 89.0 Å². The van der Waals surface area contributed by atoms with Crippen molar-refractivity contribution in [2.75, 3.05) is 51.3 Å². The van der Waals surface area contributed by atoms with Crippen LogP contribution in [-0.2, 0) is 48.9 Å². The van der Waals surface area contributed by atoms with Gasteiger partial charge in [0, 0.05) is 80.4 Å². The minimum absolute atomic E-state index is 0.0157. The van der Waals surface area contributed by atoms with Crippen LogP contribution < -0.4 is 10.1 Å². The molecule has 0 spiro atoms. The van der Waals surface area contributed by atoms with E-state index in [2.05, 4.69) is 41.4 Å². The Morgan fingerprint density at radius 2 is 1.58 bits per heavy atom. The molecule has 3 amide bonds. The minimum Gasteiger partial charge on any atom is -0.492 e. The van der Waals surface area contributed by atoms with Gasteiger partial charge in [-0.1, -0.05) is 66.7 Å². The number of carbonyl (C=O) groups is 3. The molecule has 0 unspecified atom stereocenters. The second kappa shape index (κ2) is 19.2. The summed E-state index contributed by atoms with van der Waals surface area (Å²) in [7, 11) is 1.94. The van der Waals surface area contributed by atoms with Crippen LogP contribution in [0.3, 0.4) is 0 Å². The summed E-state index contributed by atoms with van der Waals surface area (Å²) in [6.45, 7) is 12.0. The van der Waals surface area contributed by atoms with Gasteiger partial charge in [0.15, 0.2) is 0 Å². The number of aromatic nitrogens is 1. The second-order valence-corrected chi connectivity index (χ2v) is 17.8. The highest BCUT2D eigenvalue weighted by Gasteiger charge is 2.34. The first kappa shape index (κ1) is 44.2. The molecule has 9 rings (SSSR count). The minimum atomic E-state index is -0.290. The predicted molar refractivity (Wildman–Crippen MR) is 256 cm³/mol. The van der Waals surface area contributed by atoms with Gasteiger partial charge in [0.25, 0.3) is 11.8 Å². The average molecular weight is 881 g/mol. The largest absolute Gasteiger partial charge is 0.492 e. The fraction of sp³-hybridized carbons (Fsp3) is 0.309. The van der Waals surface area contributed by atoms with Crippen LogP contribution in [0.2, 0.25) is 0 Å². The average Bonchev–Trinajstić information content (AvgIpc) is 3.60. The van der Waals surface area contributed by atoms with Gasteiger partial charge in [0.1, 0.15) is 12.4 Å². The summed E-state index contributed by atoms with van der Waals surface area (Å²) in [4.78, 5) is 50.1. The van der Waals surface area contributed by atoms with E-state index in [4.69, 9.17) is 9.47 Å². The Morgan fingerprint density at radius 1 is 0.833 bits per heavy atom. The van der Waals surface area contributed by atoms with Crippen molar-refractivity contribution in [2.24, 2.45) is 7.05 Å². The van der Waals surface area contributed by atoms with Gasteiger partial charge < -0.3 is 29.2 Å². The Hall–Kier alpha value is -7.00. The lowest BCUT2D eigenvalue weighted by molar-refractivity contribution is -0.131. The lowest BCUT2D eigenvalue weighted by atomic mass is 9.87. The summed E-state index contributed by atoms with van der Waals surface area (Å²) in [6, 6.07) is 37.5. The predicted octanol–water partition coefficient (Wildman–Crippen LogP) is 8.53. The molecule has 1 N–H and O–H groups in total. The van der Waals surface area contributed by atoms with Crippen LogP contribution in [0.4, 0.5) is 5.69 Å². The van der Waals surface area contributed by atoms with Crippen LogP contribution in [0.5, 0.6) is 5.75 Å². The molecular weight excluding hydrogens is 825 g/mol. The van der Waals surface area contributed by atoms with Crippen molar-refractivity contribution in [1.29, 1.82) is 5.26 Å². The first-order chi connectivity index (χ1) is 32.1. The molecule has 11 nitrogen and oxygen atoms in total. The maximum absolute atomic E-state index is 15.4. The Morgan fingerprint density at radius 3 is 2.33 bits per heavy atom. The summed E-state index contributed by atoms with van der Waals surface area (Å²) in [5, 5.41) is 13.3. The van der Waals surface area contributed by atoms with Crippen molar-refractivity contribution < 1.29 is 23.9 Å². The van der Waals surface area contributed by atoms with Crippen molar-refractivity contribution in [1.82, 2.24) is 19.3 Å². The number of anilines is 1. The van der Waals surface area contributed by atoms with Crippen molar-refractivity contribution in [3.05, 3.63) is 165 Å². The highest BCUT2D eigenvalue weighted by Crippen LogP contribution is 2.43. The van der Waals surface area contributed by atoms with Gasteiger partial charge in [-0.3, -0.25) is 19.3 Å². The number of morpholine rings is 1. The molecule has 0 bridgehead atoms. The number of aryl methyl sites for hydroxylation is 1. The van der Waals surface area contributed by atoms with Crippen LogP contribution in [0.1, 0.15) is 72.3 Å². The molecule has 1 atom stereocenters. The van der Waals surface area contributed by atoms with Crippen molar-refractivity contribution in [2.45, 2.75) is 59.2 Å². The van der Waals surface area contributed by atoms with Crippen molar-refractivity contribution in [3.8, 4) is 34.2 Å². The summed E-state index contributed by atoms with van der Waals surface area (Å²) < 4.78 is 13.5. The number of para-hydroxylation sites is 1. The fourth-order valence-electron chi connectivity index (χ4n) is 9.70. The van der Waals surface area contributed by atoms with Gasteiger partial charge in [-0.05, 0) is 115 Å². The molecule has 0 radical (unpaired) electrons. The maximum Gasteiger partial charge on any atom is 0.258 e. The number of hydrogen-bond acceptors (Lipinski definition) is 7. The Balaban J connectivity index is 1.08. The zero-order chi connectivity index (χ0) is 45.9. The quantitative estimate of drug-likeness (QED) is 0.139. The molecule has 336 valence electrons.